The van der Waals surface area contributed by atoms with Crippen molar-refractivity contribution in [2.24, 2.45) is 0 Å². The standard InChI is InChI=1S/C7H11BrOSSi/c1-11(2,3)9-7-5-4-6(8)10-7/h4-5H,1-3H3. The van der Waals surface area contributed by atoms with Crippen molar-refractivity contribution >= 4 is 35.6 Å². The largest absolute Gasteiger partial charge is 0.537 e. The van der Waals surface area contributed by atoms with Crippen LogP contribution in [0, 0.1) is 0 Å². The van der Waals surface area contributed by atoms with Gasteiger partial charge in [-0.3, -0.25) is 0 Å². The molecule has 62 valence electrons. The van der Waals surface area contributed by atoms with E-state index in [0.29, 0.717) is 0 Å². The van der Waals surface area contributed by atoms with Gasteiger partial charge in [-0.25, -0.2) is 0 Å². The molecule has 0 aliphatic heterocycles. The van der Waals surface area contributed by atoms with Gasteiger partial charge in [0.05, 0.1) is 3.79 Å². The predicted octanol–water partition coefficient (Wildman–Crippen LogP) is 3.72. The van der Waals surface area contributed by atoms with Crippen LogP contribution in [-0.2, 0) is 0 Å². The molecule has 1 nitrogen and oxygen atoms in total. The first kappa shape index (κ1) is 9.29. The minimum absolute atomic E-state index is 1.02. The van der Waals surface area contributed by atoms with E-state index in [2.05, 4.69) is 35.6 Å². The highest BCUT2D eigenvalue weighted by molar-refractivity contribution is 9.11. The Morgan fingerprint density at radius 1 is 1.36 bits per heavy atom. The lowest BCUT2D eigenvalue weighted by molar-refractivity contribution is 0.573. The maximum Gasteiger partial charge on any atom is 0.243 e. The molecule has 1 aromatic heterocycles. The van der Waals surface area contributed by atoms with E-state index < -0.39 is 8.32 Å². The molecule has 11 heavy (non-hydrogen) atoms. The van der Waals surface area contributed by atoms with Crippen LogP contribution in [0.15, 0.2) is 15.9 Å². The van der Waals surface area contributed by atoms with E-state index in [1.807, 2.05) is 12.1 Å². The van der Waals surface area contributed by atoms with Crippen LogP contribution in [0.3, 0.4) is 0 Å². The van der Waals surface area contributed by atoms with Crippen LogP contribution in [0.5, 0.6) is 5.06 Å². The third-order valence-corrected chi connectivity index (χ3v) is 3.44. The zero-order valence-corrected chi connectivity index (χ0v) is 10.3. The fourth-order valence-electron chi connectivity index (χ4n) is 0.654. The summed E-state index contributed by atoms with van der Waals surface area (Å²) < 4.78 is 6.88. The summed E-state index contributed by atoms with van der Waals surface area (Å²) in [4.78, 5) is 0. The molecule has 0 N–H and O–H groups in total. The van der Waals surface area contributed by atoms with Crippen molar-refractivity contribution < 1.29 is 4.43 Å². The van der Waals surface area contributed by atoms with Crippen LogP contribution in [0.1, 0.15) is 0 Å². The molecule has 0 spiro atoms. The molecule has 0 aliphatic carbocycles. The van der Waals surface area contributed by atoms with Gasteiger partial charge >= 0.3 is 0 Å². The monoisotopic (exact) mass is 250 g/mol. The molecule has 1 rings (SSSR count). The number of thiophene rings is 1. The zero-order chi connectivity index (χ0) is 8.48. The summed E-state index contributed by atoms with van der Waals surface area (Å²) in [6, 6.07) is 4.02. The topological polar surface area (TPSA) is 9.23 Å². The van der Waals surface area contributed by atoms with E-state index in [1.54, 1.807) is 11.3 Å². The van der Waals surface area contributed by atoms with Crippen LogP contribution in [-0.4, -0.2) is 8.32 Å². The molecular weight excluding hydrogens is 240 g/mol. The van der Waals surface area contributed by atoms with E-state index in [4.69, 9.17) is 4.43 Å². The second kappa shape index (κ2) is 3.29. The predicted molar refractivity (Wildman–Crippen MR) is 56.0 cm³/mol. The molecule has 0 saturated carbocycles. The zero-order valence-electron chi connectivity index (χ0n) is 6.85. The van der Waals surface area contributed by atoms with Gasteiger partial charge in [0.2, 0.25) is 8.32 Å². The highest BCUT2D eigenvalue weighted by atomic mass is 79.9. The summed E-state index contributed by atoms with van der Waals surface area (Å²) in [5.74, 6) is 0. The lowest BCUT2D eigenvalue weighted by Gasteiger charge is -2.16. The van der Waals surface area contributed by atoms with Gasteiger partial charge in [-0.1, -0.05) is 11.3 Å². The van der Waals surface area contributed by atoms with Gasteiger partial charge in [-0.05, 0) is 47.7 Å². The van der Waals surface area contributed by atoms with E-state index in [0.717, 1.165) is 8.85 Å². The molecule has 4 heteroatoms. The first-order valence-corrected chi connectivity index (χ1v) is 8.43. The minimum atomic E-state index is -1.40. The Morgan fingerprint density at radius 3 is 2.36 bits per heavy atom. The minimum Gasteiger partial charge on any atom is -0.537 e. The van der Waals surface area contributed by atoms with Crippen LogP contribution < -0.4 is 4.43 Å². The molecule has 0 unspecified atom stereocenters. The van der Waals surface area contributed by atoms with Crippen LogP contribution in [0.2, 0.25) is 19.6 Å². The summed E-state index contributed by atoms with van der Waals surface area (Å²) in [7, 11) is -1.40. The highest BCUT2D eigenvalue weighted by Crippen LogP contribution is 2.30. The fourth-order valence-corrected chi connectivity index (χ4v) is 3.32. The molecule has 1 aromatic rings. The van der Waals surface area contributed by atoms with Crippen molar-refractivity contribution in [3.05, 3.63) is 15.9 Å². The Morgan fingerprint density at radius 2 is 2.00 bits per heavy atom. The van der Waals surface area contributed by atoms with Gasteiger partial charge in [0.25, 0.3) is 0 Å². The first-order valence-electron chi connectivity index (χ1n) is 3.42. The molecule has 0 bridgehead atoms. The van der Waals surface area contributed by atoms with Crippen molar-refractivity contribution in [1.82, 2.24) is 0 Å². The summed E-state index contributed by atoms with van der Waals surface area (Å²) in [6.45, 7) is 6.54. The molecule has 0 fully saturated rings. The summed E-state index contributed by atoms with van der Waals surface area (Å²) in [6.07, 6.45) is 0. The smallest absolute Gasteiger partial charge is 0.243 e. The SMILES string of the molecule is C[Si](C)(C)Oc1ccc(Br)s1. The lowest BCUT2D eigenvalue weighted by atomic mass is 10.7. The number of hydrogen-bond donors (Lipinski definition) is 0. The van der Waals surface area contributed by atoms with E-state index >= 15 is 0 Å². The van der Waals surface area contributed by atoms with E-state index in [9.17, 15) is 0 Å². The third kappa shape index (κ3) is 3.40. The summed E-state index contributed by atoms with van der Waals surface area (Å²) >= 11 is 5.04. The van der Waals surface area contributed by atoms with Gasteiger partial charge < -0.3 is 4.43 Å². The maximum absolute atomic E-state index is 5.75. The van der Waals surface area contributed by atoms with Crippen molar-refractivity contribution in [1.29, 1.82) is 0 Å². The van der Waals surface area contributed by atoms with Crippen molar-refractivity contribution in [2.45, 2.75) is 19.6 Å². The number of rotatable bonds is 2. The van der Waals surface area contributed by atoms with Gasteiger partial charge in [0.1, 0.15) is 0 Å². The van der Waals surface area contributed by atoms with Crippen LogP contribution >= 0.6 is 27.3 Å². The van der Waals surface area contributed by atoms with Gasteiger partial charge in [-0.2, -0.15) is 0 Å². The molecule has 0 aromatic carbocycles. The first-order chi connectivity index (χ1) is 4.97. The number of halogens is 1. The Labute approximate surface area is 80.7 Å². The van der Waals surface area contributed by atoms with Crippen LogP contribution in [0.25, 0.3) is 0 Å². The fraction of sp³-hybridized carbons (Fsp3) is 0.429. The van der Waals surface area contributed by atoms with Gasteiger partial charge in [-0.15, -0.1) is 0 Å². The second-order valence-corrected chi connectivity index (χ2v) is 10.1. The highest BCUT2D eigenvalue weighted by Gasteiger charge is 2.16. The Hall–Kier alpha value is 0.197. The van der Waals surface area contributed by atoms with Crippen molar-refractivity contribution in [2.75, 3.05) is 0 Å². The average molecular weight is 251 g/mol. The van der Waals surface area contributed by atoms with Crippen LogP contribution in [0.4, 0.5) is 0 Å². The second-order valence-electron chi connectivity index (χ2n) is 3.27. The Kier molecular flexibility index (Phi) is 2.78. The Bertz CT molecular complexity index is 241. The summed E-state index contributed by atoms with van der Waals surface area (Å²) in [5, 5.41) is 1.02. The summed E-state index contributed by atoms with van der Waals surface area (Å²) in [5.41, 5.74) is 0. The maximum atomic E-state index is 5.75. The van der Waals surface area contributed by atoms with Crippen molar-refractivity contribution in [3.8, 4) is 5.06 Å². The lowest BCUT2D eigenvalue weighted by Crippen LogP contribution is -2.28. The van der Waals surface area contributed by atoms with E-state index in [1.165, 1.54) is 0 Å². The molecule has 0 radical (unpaired) electrons. The molecular formula is C7H11BrOSSi. The molecule has 0 saturated heterocycles. The normalized spacial score (nSPS) is 11.6. The number of hydrogen-bond acceptors (Lipinski definition) is 2. The van der Waals surface area contributed by atoms with Gasteiger partial charge in [0.15, 0.2) is 5.06 Å². The molecule has 0 aliphatic rings. The molecule has 0 amide bonds. The average Bonchev–Trinajstić information content (AvgIpc) is 2.10. The Balaban J connectivity index is 2.65. The third-order valence-electron chi connectivity index (χ3n) is 0.955. The molecule has 1 heterocycles. The quantitative estimate of drug-likeness (QED) is 0.728. The van der Waals surface area contributed by atoms with E-state index in [-0.39, 0.29) is 0 Å². The van der Waals surface area contributed by atoms with Gasteiger partial charge in [0, 0.05) is 0 Å². The molecule has 0 atom stereocenters. The van der Waals surface area contributed by atoms with Crippen molar-refractivity contribution in [3.63, 3.8) is 0 Å².